The van der Waals surface area contributed by atoms with Gasteiger partial charge in [0.2, 0.25) is 5.91 Å². The zero-order chi connectivity index (χ0) is 18.1. The highest BCUT2D eigenvalue weighted by Gasteiger charge is 2.39. The standard InChI is InChI=1S/C19H26N4O2S/c1-13(18(24)22-7-2-3-8-22)26-17-16(5-4-6-21-17)19(25)23-11-14-9-20-10-15(14)12-23/h4-6,13-15,20H,2-3,7-12H2,1H3/t13?,14-,15+. The van der Waals surface area contributed by atoms with Crippen LogP contribution in [-0.4, -0.2) is 71.1 Å². The fourth-order valence-electron chi connectivity index (χ4n) is 4.25. The molecule has 3 atom stereocenters. The van der Waals surface area contributed by atoms with Gasteiger partial charge in [-0.15, -0.1) is 0 Å². The molecule has 0 saturated carbocycles. The average Bonchev–Trinajstić information content (AvgIpc) is 3.37. The van der Waals surface area contributed by atoms with Crippen LogP contribution in [0.4, 0.5) is 0 Å². The lowest BCUT2D eigenvalue weighted by Gasteiger charge is -2.22. The average molecular weight is 375 g/mol. The summed E-state index contributed by atoms with van der Waals surface area (Å²) < 4.78 is 0. The van der Waals surface area contributed by atoms with Crippen LogP contribution in [0.3, 0.4) is 0 Å². The third-order valence-electron chi connectivity index (χ3n) is 5.73. The van der Waals surface area contributed by atoms with Crippen molar-refractivity contribution >= 4 is 23.6 Å². The van der Waals surface area contributed by atoms with E-state index in [0.29, 0.717) is 22.4 Å². The quantitative estimate of drug-likeness (QED) is 0.809. The predicted octanol–water partition coefficient (Wildman–Crippen LogP) is 1.48. The van der Waals surface area contributed by atoms with Gasteiger partial charge in [-0.25, -0.2) is 4.98 Å². The number of nitrogens with zero attached hydrogens (tertiary/aromatic N) is 3. The van der Waals surface area contributed by atoms with Gasteiger partial charge in [0, 0.05) is 45.5 Å². The number of rotatable bonds is 4. The zero-order valence-corrected chi connectivity index (χ0v) is 16.0. The van der Waals surface area contributed by atoms with Gasteiger partial charge in [-0.05, 0) is 43.7 Å². The van der Waals surface area contributed by atoms with E-state index >= 15 is 0 Å². The Labute approximate surface area is 158 Å². The second-order valence-electron chi connectivity index (χ2n) is 7.54. The molecule has 140 valence electrons. The van der Waals surface area contributed by atoms with Crippen molar-refractivity contribution in [2.24, 2.45) is 11.8 Å². The van der Waals surface area contributed by atoms with Crippen molar-refractivity contribution in [3.05, 3.63) is 23.9 Å². The van der Waals surface area contributed by atoms with Crippen molar-refractivity contribution in [3.63, 3.8) is 0 Å². The Morgan fingerprint density at radius 3 is 2.58 bits per heavy atom. The molecule has 0 radical (unpaired) electrons. The zero-order valence-electron chi connectivity index (χ0n) is 15.2. The Morgan fingerprint density at radius 1 is 1.19 bits per heavy atom. The van der Waals surface area contributed by atoms with Gasteiger partial charge in [-0.1, -0.05) is 11.8 Å². The van der Waals surface area contributed by atoms with Crippen LogP contribution in [0, 0.1) is 11.8 Å². The summed E-state index contributed by atoms with van der Waals surface area (Å²) >= 11 is 1.41. The Kier molecular flexibility index (Phi) is 5.18. The van der Waals surface area contributed by atoms with Crippen LogP contribution >= 0.6 is 11.8 Å². The van der Waals surface area contributed by atoms with Crippen LogP contribution in [0.2, 0.25) is 0 Å². The normalized spacial score (nSPS) is 26.2. The van der Waals surface area contributed by atoms with E-state index in [2.05, 4.69) is 10.3 Å². The van der Waals surface area contributed by atoms with E-state index in [-0.39, 0.29) is 17.1 Å². The van der Waals surface area contributed by atoms with E-state index in [1.807, 2.05) is 28.9 Å². The van der Waals surface area contributed by atoms with Crippen molar-refractivity contribution < 1.29 is 9.59 Å². The highest BCUT2D eigenvalue weighted by Crippen LogP contribution is 2.31. The van der Waals surface area contributed by atoms with Gasteiger partial charge in [0.1, 0.15) is 5.03 Å². The molecule has 0 aromatic carbocycles. The summed E-state index contributed by atoms with van der Waals surface area (Å²) in [5.41, 5.74) is 0.631. The monoisotopic (exact) mass is 374 g/mol. The summed E-state index contributed by atoms with van der Waals surface area (Å²) in [5, 5.41) is 3.85. The van der Waals surface area contributed by atoms with Crippen molar-refractivity contribution in [2.45, 2.75) is 30.0 Å². The third-order valence-corrected chi connectivity index (χ3v) is 6.84. The molecule has 1 aromatic rings. The first-order valence-corrected chi connectivity index (χ1v) is 10.4. The van der Waals surface area contributed by atoms with E-state index in [9.17, 15) is 9.59 Å². The number of nitrogens with one attached hydrogen (secondary N) is 1. The number of pyridine rings is 1. The van der Waals surface area contributed by atoms with E-state index in [1.54, 1.807) is 6.20 Å². The van der Waals surface area contributed by atoms with Crippen molar-refractivity contribution in [1.29, 1.82) is 0 Å². The minimum Gasteiger partial charge on any atom is -0.342 e. The van der Waals surface area contributed by atoms with Crippen molar-refractivity contribution in [1.82, 2.24) is 20.1 Å². The van der Waals surface area contributed by atoms with Crippen LogP contribution in [0.15, 0.2) is 23.4 Å². The van der Waals surface area contributed by atoms with E-state index in [0.717, 1.165) is 52.1 Å². The number of fused-ring (bicyclic) bond motifs is 1. The maximum absolute atomic E-state index is 13.1. The van der Waals surface area contributed by atoms with Crippen molar-refractivity contribution in [3.8, 4) is 0 Å². The van der Waals surface area contributed by atoms with Gasteiger partial charge in [0.15, 0.2) is 0 Å². The molecule has 0 spiro atoms. The minimum atomic E-state index is -0.225. The van der Waals surface area contributed by atoms with Gasteiger partial charge in [0.25, 0.3) is 5.91 Å². The highest BCUT2D eigenvalue weighted by molar-refractivity contribution is 8.00. The van der Waals surface area contributed by atoms with Crippen LogP contribution in [0.1, 0.15) is 30.1 Å². The van der Waals surface area contributed by atoms with E-state index < -0.39 is 0 Å². The summed E-state index contributed by atoms with van der Waals surface area (Å²) in [4.78, 5) is 34.0. The molecule has 7 heteroatoms. The molecule has 3 aliphatic rings. The molecule has 3 saturated heterocycles. The molecule has 1 unspecified atom stereocenters. The van der Waals surface area contributed by atoms with E-state index in [1.165, 1.54) is 11.8 Å². The Morgan fingerprint density at radius 2 is 1.88 bits per heavy atom. The lowest BCUT2D eigenvalue weighted by atomic mass is 10.0. The molecule has 3 aliphatic heterocycles. The second kappa shape index (κ2) is 7.56. The topological polar surface area (TPSA) is 65.5 Å². The van der Waals surface area contributed by atoms with Crippen LogP contribution < -0.4 is 5.32 Å². The molecule has 1 N–H and O–H groups in total. The molecule has 6 nitrogen and oxygen atoms in total. The summed E-state index contributed by atoms with van der Waals surface area (Å²) in [6.45, 7) is 7.26. The van der Waals surface area contributed by atoms with Crippen LogP contribution in [-0.2, 0) is 4.79 Å². The van der Waals surface area contributed by atoms with E-state index in [4.69, 9.17) is 0 Å². The number of hydrogen-bond acceptors (Lipinski definition) is 5. The molecular weight excluding hydrogens is 348 g/mol. The predicted molar refractivity (Wildman–Crippen MR) is 101 cm³/mol. The van der Waals surface area contributed by atoms with Gasteiger partial charge in [-0.2, -0.15) is 0 Å². The maximum Gasteiger partial charge on any atom is 0.256 e. The van der Waals surface area contributed by atoms with Gasteiger partial charge >= 0.3 is 0 Å². The summed E-state index contributed by atoms with van der Waals surface area (Å²) in [7, 11) is 0. The number of carbonyl (C=O) groups is 2. The Balaban J connectivity index is 1.46. The first-order chi connectivity index (χ1) is 12.6. The third kappa shape index (κ3) is 3.47. The molecule has 26 heavy (non-hydrogen) atoms. The Bertz CT molecular complexity index is 680. The Hall–Kier alpha value is -1.60. The number of carbonyl (C=O) groups excluding carboxylic acids is 2. The second-order valence-corrected chi connectivity index (χ2v) is 8.87. The number of hydrogen-bond donors (Lipinski definition) is 1. The first kappa shape index (κ1) is 17.8. The molecule has 0 bridgehead atoms. The molecular formula is C19H26N4O2S. The van der Waals surface area contributed by atoms with Gasteiger partial charge in [-0.3, -0.25) is 9.59 Å². The van der Waals surface area contributed by atoms with Crippen LogP contribution in [0.5, 0.6) is 0 Å². The molecule has 2 amide bonds. The molecule has 1 aromatic heterocycles. The lowest BCUT2D eigenvalue weighted by molar-refractivity contribution is -0.129. The van der Waals surface area contributed by atoms with Gasteiger partial charge in [0.05, 0.1) is 10.8 Å². The van der Waals surface area contributed by atoms with Crippen LogP contribution in [0.25, 0.3) is 0 Å². The first-order valence-electron chi connectivity index (χ1n) is 9.54. The summed E-state index contributed by atoms with van der Waals surface area (Å²) in [6.07, 6.45) is 3.87. The lowest BCUT2D eigenvalue weighted by Crippen LogP contribution is -2.34. The highest BCUT2D eigenvalue weighted by atomic mass is 32.2. The number of likely N-dealkylation sites (tertiary alicyclic amines) is 2. The largest absolute Gasteiger partial charge is 0.342 e. The maximum atomic E-state index is 13.1. The molecule has 4 rings (SSSR count). The molecule has 3 fully saturated rings. The SMILES string of the molecule is CC(Sc1ncccc1C(=O)N1C[C@H]2CNC[C@H]2C1)C(=O)N1CCCC1. The smallest absolute Gasteiger partial charge is 0.256 e. The summed E-state index contributed by atoms with van der Waals surface area (Å²) in [5.74, 6) is 1.35. The fourth-order valence-corrected chi connectivity index (χ4v) is 5.24. The number of amides is 2. The molecule has 0 aliphatic carbocycles. The number of thioether (sulfide) groups is 1. The molecule has 4 heterocycles. The van der Waals surface area contributed by atoms with Crippen molar-refractivity contribution in [2.75, 3.05) is 39.3 Å². The van der Waals surface area contributed by atoms with Gasteiger partial charge < -0.3 is 15.1 Å². The number of aromatic nitrogens is 1. The summed E-state index contributed by atoms with van der Waals surface area (Å²) in [6, 6.07) is 3.65. The minimum absolute atomic E-state index is 0.0517. The fraction of sp³-hybridized carbons (Fsp3) is 0.632.